The highest BCUT2D eigenvalue weighted by Gasteiger charge is 2.32. The summed E-state index contributed by atoms with van der Waals surface area (Å²) in [7, 11) is 2.11. The number of likely N-dealkylation sites (tertiary alicyclic amines) is 1. The standard InChI is InChI=1S/C14H28N2/c1-11-4-6-16(7-5-11)10-13-9-14(15-3)8-12(13)2/h11-15H,4-10H2,1-3H3/t12-,13+,14?/m0/s1. The minimum Gasteiger partial charge on any atom is -0.317 e. The first-order valence-corrected chi connectivity index (χ1v) is 7.08. The fourth-order valence-corrected chi connectivity index (χ4v) is 3.40. The van der Waals surface area contributed by atoms with Crippen LogP contribution in [0.5, 0.6) is 0 Å². The normalized spacial score (nSPS) is 38.1. The molecule has 0 radical (unpaired) electrons. The van der Waals surface area contributed by atoms with E-state index in [-0.39, 0.29) is 0 Å². The van der Waals surface area contributed by atoms with Crippen molar-refractivity contribution < 1.29 is 0 Å². The van der Waals surface area contributed by atoms with Crippen molar-refractivity contribution in [3.8, 4) is 0 Å². The minimum atomic E-state index is 0.781. The fourth-order valence-electron chi connectivity index (χ4n) is 3.40. The van der Waals surface area contributed by atoms with Crippen molar-refractivity contribution >= 4 is 0 Å². The summed E-state index contributed by atoms with van der Waals surface area (Å²) < 4.78 is 0. The van der Waals surface area contributed by atoms with Gasteiger partial charge in [0.2, 0.25) is 0 Å². The summed E-state index contributed by atoms with van der Waals surface area (Å²) in [6.45, 7) is 8.87. The molecule has 0 bridgehead atoms. The van der Waals surface area contributed by atoms with Gasteiger partial charge in [-0.15, -0.1) is 0 Å². The second kappa shape index (κ2) is 5.50. The van der Waals surface area contributed by atoms with Gasteiger partial charge in [0.1, 0.15) is 0 Å². The number of hydrogen-bond donors (Lipinski definition) is 1. The van der Waals surface area contributed by atoms with Gasteiger partial charge in [-0.1, -0.05) is 13.8 Å². The van der Waals surface area contributed by atoms with Gasteiger partial charge in [0.05, 0.1) is 0 Å². The van der Waals surface area contributed by atoms with E-state index < -0.39 is 0 Å². The highest BCUT2D eigenvalue weighted by molar-refractivity contribution is 4.87. The molecular formula is C14H28N2. The molecule has 1 aliphatic carbocycles. The van der Waals surface area contributed by atoms with Crippen LogP contribution in [0, 0.1) is 17.8 Å². The molecular weight excluding hydrogens is 196 g/mol. The van der Waals surface area contributed by atoms with E-state index in [0.29, 0.717) is 0 Å². The van der Waals surface area contributed by atoms with Crippen LogP contribution in [-0.2, 0) is 0 Å². The predicted molar refractivity (Wildman–Crippen MR) is 69.6 cm³/mol. The molecule has 1 unspecified atom stereocenters. The van der Waals surface area contributed by atoms with E-state index in [1.165, 1.54) is 45.3 Å². The van der Waals surface area contributed by atoms with E-state index in [9.17, 15) is 0 Å². The van der Waals surface area contributed by atoms with Gasteiger partial charge in [0.15, 0.2) is 0 Å². The summed E-state index contributed by atoms with van der Waals surface area (Å²) in [6, 6.07) is 0.781. The van der Waals surface area contributed by atoms with Crippen molar-refractivity contribution in [2.75, 3.05) is 26.7 Å². The van der Waals surface area contributed by atoms with Crippen molar-refractivity contribution in [3.05, 3.63) is 0 Å². The molecule has 1 saturated heterocycles. The van der Waals surface area contributed by atoms with E-state index in [0.717, 1.165) is 23.8 Å². The zero-order chi connectivity index (χ0) is 11.5. The Morgan fingerprint density at radius 2 is 1.81 bits per heavy atom. The van der Waals surface area contributed by atoms with Gasteiger partial charge in [-0.3, -0.25) is 0 Å². The molecule has 16 heavy (non-hydrogen) atoms. The van der Waals surface area contributed by atoms with E-state index in [2.05, 4.69) is 31.1 Å². The Kier molecular flexibility index (Phi) is 4.26. The second-order valence-electron chi connectivity index (χ2n) is 6.18. The number of nitrogens with one attached hydrogen (secondary N) is 1. The minimum absolute atomic E-state index is 0.781. The first-order chi connectivity index (χ1) is 7.69. The van der Waals surface area contributed by atoms with Crippen LogP contribution in [0.4, 0.5) is 0 Å². The van der Waals surface area contributed by atoms with Crippen molar-refractivity contribution in [3.63, 3.8) is 0 Å². The zero-order valence-corrected chi connectivity index (χ0v) is 11.2. The van der Waals surface area contributed by atoms with Crippen LogP contribution in [0.25, 0.3) is 0 Å². The molecule has 0 amide bonds. The quantitative estimate of drug-likeness (QED) is 0.791. The first-order valence-electron chi connectivity index (χ1n) is 7.08. The Morgan fingerprint density at radius 1 is 1.12 bits per heavy atom. The van der Waals surface area contributed by atoms with Gasteiger partial charge in [-0.2, -0.15) is 0 Å². The molecule has 2 heteroatoms. The Labute approximate surface area is 101 Å². The van der Waals surface area contributed by atoms with Gasteiger partial charge in [0.25, 0.3) is 0 Å². The topological polar surface area (TPSA) is 15.3 Å². The van der Waals surface area contributed by atoms with E-state index in [4.69, 9.17) is 0 Å². The molecule has 0 aromatic rings. The Hall–Kier alpha value is -0.0800. The number of nitrogens with zero attached hydrogens (tertiary/aromatic N) is 1. The lowest BCUT2D eigenvalue weighted by Crippen LogP contribution is -2.37. The maximum atomic E-state index is 3.45. The van der Waals surface area contributed by atoms with Crippen LogP contribution in [-0.4, -0.2) is 37.6 Å². The van der Waals surface area contributed by atoms with E-state index in [1.54, 1.807) is 0 Å². The highest BCUT2D eigenvalue weighted by Crippen LogP contribution is 2.32. The van der Waals surface area contributed by atoms with Crippen LogP contribution < -0.4 is 5.32 Å². The van der Waals surface area contributed by atoms with Crippen LogP contribution in [0.1, 0.15) is 39.5 Å². The molecule has 2 nitrogen and oxygen atoms in total. The Balaban J connectivity index is 1.77. The first kappa shape index (κ1) is 12.4. The van der Waals surface area contributed by atoms with Crippen LogP contribution in [0.2, 0.25) is 0 Å². The SMILES string of the molecule is CNC1C[C@H](CN2CCC(C)CC2)[C@@H](C)C1. The van der Waals surface area contributed by atoms with Crippen LogP contribution in [0.3, 0.4) is 0 Å². The van der Waals surface area contributed by atoms with E-state index in [1.807, 2.05) is 0 Å². The van der Waals surface area contributed by atoms with Gasteiger partial charge in [-0.05, 0) is 63.6 Å². The average molecular weight is 224 g/mol. The van der Waals surface area contributed by atoms with Gasteiger partial charge >= 0.3 is 0 Å². The molecule has 0 aromatic heterocycles. The zero-order valence-electron chi connectivity index (χ0n) is 11.2. The number of hydrogen-bond acceptors (Lipinski definition) is 2. The monoisotopic (exact) mass is 224 g/mol. The molecule has 94 valence electrons. The molecule has 1 saturated carbocycles. The molecule has 1 N–H and O–H groups in total. The molecule has 1 aliphatic heterocycles. The third kappa shape index (κ3) is 2.98. The molecule has 1 heterocycles. The largest absolute Gasteiger partial charge is 0.317 e. The summed E-state index contributed by atoms with van der Waals surface area (Å²) in [6.07, 6.45) is 5.60. The summed E-state index contributed by atoms with van der Waals surface area (Å²) in [5, 5.41) is 3.45. The molecule has 2 rings (SSSR count). The van der Waals surface area contributed by atoms with Gasteiger partial charge < -0.3 is 10.2 Å². The number of rotatable bonds is 3. The van der Waals surface area contributed by atoms with Crippen molar-refractivity contribution in [1.82, 2.24) is 10.2 Å². The Morgan fingerprint density at radius 3 is 2.38 bits per heavy atom. The third-order valence-corrected chi connectivity index (χ3v) is 4.83. The summed E-state index contributed by atoms with van der Waals surface area (Å²) in [4.78, 5) is 2.71. The Bertz CT molecular complexity index is 209. The highest BCUT2D eigenvalue weighted by atomic mass is 15.1. The summed E-state index contributed by atoms with van der Waals surface area (Å²) in [5.41, 5.74) is 0. The predicted octanol–water partition coefficient (Wildman–Crippen LogP) is 2.35. The lowest BCUT2D eigenvalue weighted by molar-refractivity contribution is 0.155. The maximum absolute atomic E-state index is 3.45. The molecule has 0 spiro atoms. The van der Waals surface area contributed by atoms with Gasteiger partial charge in [-0.25, -0.2) is 0 Å². The van der Waals surface area contributed by atoms with Crippen LogP contribution >= 0.6 is 0 Å². The third-order valence-electron chi connectivity index (χ3n) is 4.83. The van der Waals surface area contributed by atoms with Crippen LogP contribution in [0.15, 0.2) is 0 Å². The molecule has 0 aromatic carbocycles. The lowest BCUT2D eigenvalue weighted by atomic mass is 9.94. The van der Waals surface area contributed by atoms with Crippen molar-refractivity contribution in [2.45, 2.75) is 45.6 Å². The van der Waals surface area contributed by atoms with Crippen molar-refractivity contribution in [1.29, 1.82) is 0 Å². The average Bonchev–Trinajstić information content (AvgIpc) is 2.63. The maximum Gasteiger partial charge on any atom is 0.00699 e. The molecule has 2 fully saturated rings. The second-order valence-corrected chi connectivity index (χ2v) is 6.18. The fraction of sp³-hybridized carbons (Fsp3) is 1.00. The lowest BCUT2D eigenvalue weighted by Gasteiger charge is -2.33. The van der Waals surface area contributed by atoms with Crippen molar-refractivity contribution in [2.24, 2.45) is 17.8 Å². The number of piperidine rings is 1. The molecule has 3 atom stereocenters. The summed E-state index contributed by atoms with van der Waals surface area (Å²) >= 11 is 0. The smallest absolute Gasteiger partial charge is 0.00699 e. The van der Waals surface area contributed by atoms with E-state index >= 15 is 0 Å². The molecule has 2 aliphatic rings. The summed E-state index contributed by atoms with van der Waals surface area (Å²) in [5.74, 6) is 2.81. The van der Waals surface area contributed by atoms with Gasteiger partial charge in [0, 0.05) is 12.6 Å².